The molecule has 4 aliphatic heterocycles. The number of nitrogens with zero attached hydrogens (tertiary/aromatic N) is 5. The smallest absolute Gasteiger partial charge is 0.329 e. The maximum absolute atomic E-state index is 14.2. The number of hydrogen-bond acceptors (Lipinski definition) is 13. The van der Waals surface area contributed by atoms with Gasteiger partial charge in [-0.15, -0.1) is 0 Å². The van der Waals surface area contributed by atoms with Gasteiger partial charge in [0.2, 0.25) is 26.0 Å². The number of carbonyl (C=O) groups excluding carboxylic acids is 1. The summed E-state index contributed by atoms with van der Waals surface area (Å²) < 4.78 is 107. The molecule has 0 atom stereocenters. The molecule has 85 heavy (non-hydrogen) atoms. The fraction of sp³-hybridized carbons (Fsp3) is 0.581. The van der Waals surface area contributed by atoms with Crippen molar-refractivity contribution in [3.05, 3.63) is 129 Å². The Morgan fingerprint density at radius 3 is 1.41 bits per heavy atom. The predicted molar refractivity (Wildman–Crippen MR) is 323 cm³/mol. The molecule has 2 saturated carbocycles. The van der Waals surface area contributed by atoms with Gasteiger partial charge in [-0.1, -0.05) is 71.7 Å². The first-order chi connectivity index (χ1) is 40.8. The Balaban J connectivity index is 0.000000183. The van der Waals surface area contributed by atoms with Gasteiger partial charge in [0.25, 0.3) is 0 Å². The fourth-order valence-corrected chi connectivity index (χ4v) is 16.8. The van der Waals surface area contributed by atoms with Crippen LogP contribution in [0.3, 0.4) is 0 Å². The van der Waals surface area contributed by atoms with E-state index in [1.165, 1.54) is 59.5 Å². The Bertz CT molecular complexity index is 3020. The molecule has 6 fully saturated rings. The highest BCUT2D eigenvalue weighted by Gasteiger charge is 2.42. The summed E-state index contributed by atoms with van der Waals surface area (Å²) in [5, 5.41) is 12.3. The molecule has 4 aromatic carbocycles. The number of aliphatic carboxylic acids is 1. The van der Waals surface area contributed by atoms with Crippen molar-refractivity contribution in [1.82, 2.24) is 28.6 Å². The van der Waals surface area contributed by atoms with Crippen LogP contribution in [0.25, 0.3) is 0 Å². The highest BCUT2D eigenvalue weighted by molar-refractivity contribution is 7.89. The van der Waals surface area contributed by atoms with E-state index in [2.05, 4.69) is 15.1 Å². The monoisotopic (exact) mass is 1260 g/mol. The molecular weight excluding hydrogens is 1180 g/mol. The minimum atomic E-state index is -3.79. The molecule has 0 spiro atoms. The van der Waals surface area contributed by atoms with Crippen LogP contribution in [0.15, 0.2) is 94.7 Å². The highest BCUT2D eigenvalue weighted by atomic mass is 35.5. The van der Waals surface area contributed by atoms with Crippen molar-refractivity contribution in [2.75, 3.05) is 118 Å². The van der Waals surface area contributed by atoms with E-state index in [9.17, 15) is 35.2 Å². The summed E-state index contributed by atoms with van der Waals surface area (Å²) in [4.78, 5) is 30.3. The Kier molecular flexibility index (Phi) is 24.6. The van der Waals surface area contributed by atoms with Crippen LogP contribution in [0.5, 0.6) is 0 Å². The van der Waals surface area contributed by atoms with Crippen LogP contribution >= 0.6 is 23.2 Å². The van der Waals surface area contributed by atoms with Gasteiger partial charge in [0.15, 0.2) is 0 Å². The van der Waals surface area contributed by atoms with E-state index in [0.29, 0.717) is 43.7 Å². The first-order valence-corrected chi connectivity index (χ1v) is 33.6. The zero-order chi connectivity index (χ0) is 60.6. The number of ether oxygens (including phenoxy) is 4. The number of aryl methyl sites for hydroxylation is 2. The van der Waals surface area contributed by atoms with Crippen molar-refractivity contribution in [2.24, 2.45) is 0 Å². The molecule has 1 amide bonds. The van der Waals surface area contributed by atoms with Crippen LogP contribution in [0.1, 0.15) is 99.3 Å². The Morgan fingerprint density at radius 2 is 1.01 bits per heavy atom. The molecule has 23 heteroatoms. The van der Waals surface area contributed by atoms with E-state index < -0.39 is 38.2 Å². The van der Waals surface area contributed by atoms with Gasteiger partial charge in [-0.25, -0.2) is 30.4 Å². The lowest BCUT2D eigenvalue weighted by molar-refractivity contribution is -0.144. The van der Waals surface area contributed by atoms with E-state index in [0.717, 1.165) is 95.5 Å². The maximum atomic E-state index is 14.2. The zero-order valence-electron chi connectivity index (χ0n) is 49.0. The molecule has 468 valence electrons. The summed E-state index contributed by atoms with van der Waals surface area (Å²) in [6.07, 6.45) is 11.2. The molecule has 6 aliphatic rings. The van der Waals surface area contributed by atoms with Gasteiger partial charge >= 0.3 is 5.97 Å². The standard InChI is InChI=1S/C31H41ClFN3O5S.C17H25FN2O.C14H18ClNO5S/c1-24-6-4-9-28(32)30(24)42(38,39)36(27-10-11-27)19-20-40-23-29(37)35-16-12-31(13-17-35,25-7-5-8-26(33)22-25)41-21-18-34-14-2-3-15-34;18-16-5-3-4-15(14-16)17(6-8-19-9-7-17)21-13-12-20-10-1-2-11-20;1-10-3-2-4-12(15)14(10)22(19,20)16(11-5-6-11)7-8-21-9-13(17)18/h4-9,22,27H,2-3,10-21,23H2,1H3;3-5,14,19H,1-2,6-13H2;2-4,11H,5-9H2,1H3,(H,17,18). The third kappa shape index (κ3) is 18.5. The van der Waals surface area contributed by atoms with Gasteiger partial charge in [0.1, 0.15) is 34.6 Å². The lowest BCUT2D eigenvalue weighted by Crippen LogP contribution is -2.48. The van der Waals surface area contributed by atoms with Gasteiger partial charge in [0, 0.05) is 51.4 Å². The molecule has 0 unspecified atom stereocenters. The van der Waals surface area contributed by atoms with Crippen LogP contribution in [0.4, 0.5) is 8.78 Å². The van der Waals surface area contributed by atoms with Gasteiger partial charge in [-0.3, -0.25) is 4.79 Å². The van der Waals surface area contributed by atoms with Gasteiger partial charge in [0.05, 0.1) is 47.7 Å². The number of rotatable bonds is 26. The molecule has 2 N–H and O–H groups in total. The summed E-state index contributed by atoms with van der Waals surface area (Å²) in [7, 11) is -7.52. The molecule has 0 aromatic heterocycles. The summed E-state index contributed by atoms with van der Waals surface area (Å²) in [6, 6.07) is 23.4. The first-order valence-electron chi connectivity index (χ1n) is 30.0. The molecule has 0 bridgehead atoms. The Hall–Kier alpha value is -4.20. The largest absolute Gasteiger partial charge is 0.480 e. The number of hydrogen-bond donors (Lipinski definition) is 2. The summed E-state index contributed by atoms with van der Waals surface area (Å²) >= 11 is 12.4. The van der Waals surface area contributed by atoms with Crippen molar-refractivity contribution in [1.29, 1.82) is 0 Å². The third-order valence-corrected chi connectivity index (χ3v) is 21.9. The first kappa shape index (κ1) is 66.7. The number of likely N-dealkylation sites (tertiary alicyclic amines) is 3. The number of benzene rings is 4. The number of carboxylic acid groups (broad SMARTS) is 1. The average molecular weight is 1260 g/mol. The number of sulfonamides is 2. The van der Waals surface area contributed by atoms with Crippen LogP contribution in [-0.2, 0) is 59.8 Å². The second kappa shape index (κ2) is 31.3. The summed E-state index contributed by atoms with van der Waals surface area (Å²) in [5.74, 6) is -1.70. The lowest BCUT2D eigenvalue weighted by atomic mass is 9.84. The minimum absolute atomic E-state index is 0.0333. The quantitative estimate of drug-likeness (QED) is 0.0567. The lowest BCUT2D eigenvalue weighted by Gasteiger charge is -2.42. The van der Waals surface area contributed by atoms with Crippen LogP contribution < -0.4 is 5.32 Å². The van der Waals surface area contributed by atoms with E-state index in [-0.39, 0.29) is 88.0 Å². The molecule has 4 saturated heterocycles. The summed E-state index contributed by atoms with van der Waals surface area (Å²) in [6.45, 7) is 13.7. The van der Waals surface area contributed by atoms with E-state index in [1.807, 2.05) is 12.1 Å². The predicted octanol–water partition coefficient (Wildman–Crippen LogP) is 9.01. The van der Waals surface area contributed by atoms with Crippen molar-refractivity contribution in [2.45, 2.75) is 124 Å². The second-order valence-corrected chi connectivity index (χ2v) is 27.4. The number of carboxylic acids is 1. The summed E-state index contributed by atoms with van der Waals surface area (Å²) in [5.41, 5.74) is 2.03. The normalized spacial score (nSPS) is 19.1. The number of halogens is 4. The van der Waals surface area contributed by atoms with Crippen molar-refractivity contribution in [3.63, 3.8) is 0 Å². The second-order valence-electron chi connectivity index (χ2n) is 22.9. The Labute approximate surface area is 511 Å². The zero-order valence-corrected chi connectivity index (χ0v) is 52.2. The van der Waals surface area contributed by atoms with Crippen LogP contribution in [-0.4, -0.2) is 187 Å². The van der Waals surface area contributed by atoms with Crippen LogP contribution in [0.2, 0.25) is 10.0 Å². The highest BCUT2D eigenvalue weighted by Crippen LogP contribution is 2.40. The molecular formula is C62H84Cl2F2N6O11S2. The maximum Gasteiger partial charge on any atom is 0.329 e. The van der Waals surface area contributed by atoms with E-state index >= 15 is 0 Å². The molecule has 0 radical (unpaired) electrons. The fourth-order valence-electron chi connectivity index (χ4n) is 11.8. The molecule has 2 aliphatic carbocycles. The molecule has 17 nitrogen and oxygen atoms in total. The third-order valence-electron chi connectivity index (χ3n) is 16.7. The molecule has 4 heterocycles. The number of piperidine rings is 2. The van der Waals surface area contributed by atoms with Gasteiger partial charge < -0.3 is 44.1 Å². The topological polar surface area (TPSA) is 188 Å². The number of carbonyl (C=O) groups is 2. The average Bonchev–Trinajstić information content (AvgIpc) is 2.80. The van der Waals surface area contributed by atoms with E-state index in [4.69, 9.17) is 47.3 Å². The van der Waals surface area contributed by atoms with Gasteiger partial charge in [-0.05, 0) is 189 Å². The minimum Gasteiger partial charge on any atom is -0.480 e. The Morgan fingerprint density at radius 1 is 0.600 bits per heavy atom. The van der Waals surface area contributed by atoms with Gasteiger partial charge in [-0.2, -0.15) is 8.61 Å². The van der Waals surface area contributed by atoms with Crippen molar-refractivity contribution >= 4 is 55.1 Å². The number of amides is 1. The molecule has 10 rings (SSSR count). The van der Waals surface area contributed by atoms with E-state index in [1.54, 1.807) is 79.4 Å². The van der Waals surface area contributed by atoms with Crippen LogP contribution in [0, 0.1) is 25.5 Å². The molecule has 4 aromatic rings. The van der Waals surface area contributed by atoms with Crippen molar-refractivity contribution < 1.29 is 59.3 Å². The SMILES string of the molecule is Cc1cccc(Cl)c1S(=O)(=O)N(CCOCC(=O)N1CCC(OCCN2CCCC2)(c2cccc(F)c2)CC1)C1CC1.Cc1cccc(Cl)c1S(=O)(=O)N(CCOCC(=O)O)C1CC1.Fc1cccc(C2(OCCN3CCCC3)CCNCC2)c1. The number of nitrogens with one attached hydrogen (secondary N) is 1. The van der Waals surface area contributed by atoms with Crippen molar-refractivity contribution in [3.8, 4) is 0 Å².